The first-order valence-corrected chi connectivity index (χ1v) is 12.9. The van der Waals surface area contributed by atoms with Crippen molar-refractivity contribution >= 4 is 17.8 Å². The summed E-state index contributed by atoms with van der Waals surface area (Å²) in [4.78, 5) is 31.9. The molecule has 0 aromatic heterocycles. The Morgan fingerprint density at radius 1 is 0.718 bits per heavy atom. The molecule has 7 heteroatoms. The Bertz CT molecular complexity index is 1220. The Balaban J connectivity index is 2.22. The largest absolute Gasteiger partial charge is 0.497 e. The molecule has 0 saturated heterocycles. The second-order valence-electron chi connectivity index (χ2n) is 11.1. The van der Waals surface area contributed by atoms with Gasteiger partial charge in [-0.25, -0.2) is 9.59 Å². The van der Waals surface area contributed by atoms with Gasteiger partial charge in [-0.3, -0.25) is 4.99 Å². The number of nitrogens with zero attached hydrogens (tertiary/aromatic N) is 1. The molecule has 3 aromatic carbocycles. The number of ether oxygens (including phenoxy) is 3. The third-order valence-corrected chi connectivity index (χ3v) is 5.47. The fourth-order valence-corrected chi connectivity index (χ4v) is 3.86. The standard InChI is InChI=1S/C32H38N2O5/c1-31(2,3)38-29(35)28(33-26(22-14-10-8-11-15-22)23-16-12-9-13-17-23)27(34-30(36)39-32(4,5)6)24-18-20-25(37-7)21-19-24/h8-21,27-28H,1-7H3,(H,34,36)/t27-,28+/m1/s1. The van der Waals surface area contributed by atoms with Crippen LogP contribution in [0.4, 0.5) is 4.79 Å². The number of aliphatic imine (C=N–C) groups is 1. The summed E-state index contributed by atoms with van der Waals surface area (Å²) in [6.45, 7) is 10.7. The van der Waals surface area contributed by atoms with Gasteiger partial charge in [0.2, 0.25) is 0 Å². The highest BCUT2D eigenvalue weighted by molar-refractivity contribution is 6.13. The van der Waals surface area contributed by atoms with E-state index in [0.29, 0.717) is 17.0 Å². The molecule has 0 aliphatic carbocycles. The summed E-state index contributed by atoms with van der Waals surface area (Å²) < 4.78 is 16.7. The van der Waals surface area contributed by atoms with Crippen LogP contribution in [-0.4, -0.2) is 42.1 Å². The van der Waals surface area contributed by atoms with Crippen LogP contribution < -0.4 is 10.1 Å². The summed E-state index contributed by atoms with van der Waals surface area (Å²) >= 11 is 0. The molecule has 0 spiro atoms. The molecule has 206 valence electrons. The van der Waals surface area contributed by atoms with Crippen molar-refractivity contribution in [3.8, 4) is 5.75 Å². The first-order valence-electron chi connectivity index (χ1n) is 12.9. The lowest BCUT2D eigenvalue weighted by Gasteiger charge is -2.30. The van der Waals surface area contributed by atoms with E-state index in [1.165, 1.54) is 0 Å². The molecular formula is C32H38N2O5. The van der Waals surface area contributed by atoms with Gasteiger partial charge >= 0.3 is 12.1 Å². The summed E-state index contributed by atoms with van der Waals surface area (Å²) in [7, 11) is 1.57. The van der Waals surface area contributed by atoms with Crippen LogP contribution in [0.25, 0.3) is 0 Å². The van der Waals surface area contributed by atoms with Gasteiger partial charge in [-0.05, 0) is 59.2 Å². The van der Waals surface area contributed by atoms with Crippen LogP contribution in [0, 0.1) is 0 Å². The van der Waals surface area contributed by atoms with Gasteiger partial charge < -0.3 is 19.5 Å². The summed E-state index contributed by atoms with van der Waals surface area (Å²) in [5, 5.41) is 2.89. The van der Waals surface area contributed by atoms with Crippen molar-refractivity contribution in [3.63, 3.8) is 0 Å². The Morgan fingerprint density at radius 2 is 1.21 bits per heavy atom. The van der Waals surface area contributed by atoms with Crippen LogP contribution in [0.5, 0.6) is 5.75 Å². The van der Waals surface area contributed by atoms with Crippen molar-refractivity contribution in [1.82, 2.24) is 5.32 Å². The van der Waals surface area contributed by atoms with Gasteiger partial charge in [0.25, 0.3) is 0 Å². The van der Waals surface area contributed by atoms with Crippen LogP contribution in [0.3, 0.4) is 0 Å². The van der Waals surface area contributed by atoms with E-state index in [0.717, 1.165) is 11.1 Å². The topological polar surface area (TPSA) is 86.2 Å². The highest BCUT2D eigenvalue weighted by Gasteiger charge is 2.36. The monoisotopic (exact) mass is 530 g/mol. The molecule has 2 atom stereocenters. The second-order valence-corrected chi connectivity index (χ2v) is 11.1. The molecule has 0 bridgehead atoms. The number of nitrogens with one attached hydrogen (secondary N) is 1. The summed E-state index contributed by atoms with van der Waals surface area (Å²) in [6.07, 6.45) is -0.673. The number of amides is 1. The molecule has 39 heavy (non-hydrogen) atoms. The Kier molecular flexibility index (Phi) is 9.51. The molecule has 0 aliphatic heterocycles. The van der Waals surface area contributed by atoms with Crippen LogP contribution in [0.2, 0.25) is 0 Å². The maximum absolute atomic E-state index is 13.8. The minimum Gasteiger partial charge on any atom is -0.497 e. The number of hydrogen-bond acceptors (Lipinski definition) is 6. The number of hydrogen-bond donors (Lipinski definition) is 1. The highest BCUT2D eigenvalue weighted by atomic mass is 16.6. The lowest BCUT2D eigenvalue weighted by atomic mass is 9.97. The van der Waals surface area contributed by atoms with E-state index in [1.54, 1.807) is 72.9 Å². The number of esters is 1. The minimum atomic E-state index is -1.14. The fraction of sp³-hybridized carbons (Fsp3) is 0.344. The zero-order valence-electron chi connectivity index (χ0n) is 23.7. The molecule has 1 N–H and O–H groups in total. The second kappa shape index (κ2) is 12.6. The first kappa shape index (κ1) is 29.4. The van der Waals surface area contributed by atoms with Gasteiger partial charge in [-0.1, -0.05) is 72.8 Å². The lowest BCUT2D eigenvalue weighted by molar-refractivity contribution is -0.157. The molecule has 3 rings (SSSR count). The number of rotatable bonds is 8. The summed E-state index contributed by atoms with van der Waals surface area (Å²) in [6, 6.07) is 24.3. The average molecular weight is 531 g/mol. The molecule has 0 heterocycles. The summed E-state index contributed by atoms with van der Waals surface area (Å²) in [5.41, 5.74) is 1.36. The van der Waals surface area contributed by atoms with Crippen molar-refractivity contribution in [2.75, 3.05) is 7.11 Å². The molecular weight excluding hydrogens is 492 g/mol. The number of methoxy groups -OCH3 is 1. The van der Waals surface area contributed by atoms with Gasteiger partial charge in [-0.15, -0.1) is 0 Å². The number of carbonyl (C=O) groups is 2. The van der Waals surface area contributed by atoms with Crippen molar-refractivity contribution in [3.05, 3.63) is 102 Å². The fourth-order valence-electron chi connectivity index (χ4n) is 3.86. The van der Waals surface area contributed by atoms with Gasteiger partial charge in [0.1, 0.15) is 17.0 Å². The normalized spacial score (nSPS) is 13.0. The lowest BCUT2D eigenvalue weighted by Crippen LogP contribution is -2.44. The smallest absolute Gasteiger partial charge is 0.408 e. The van der Waals surface area contributed by atoms with E-state index in [1.807, 2.05) is 60.7 Å². The van der Waals surface area contributed by atoms with Gasteiger partial charge in [0.05, 0.1) is 18.9 Å². The van der Waals surface area contributed by atoms with Crippen LogP contribution >= 0.6 is 0 Å². The maximum Gasteiger partial charge on any atom is 0.408 e. The van der Waals surface area contributed by atoms with Crippen LogP contribution in [0.1, 0.15) is 64.3 Å². The zero-order valence-corrected chi connectivity index (χ0v) is 23.7. The third kappa shape index (κ3) is 8.99. The van der Waals surface area contributed by atoms with Crippen LogP contribution in [0.15, 0.2) is 89.9 Å². The molecule has 0 unspecified atom stereocenters. The van der Waals surface area contributed by atoms with E-state index >= 15 is 0 Å². The molecule has 0 saturated carbocycles. The molecule has 0 radical (unpaired) electrons. The van der Waals surface area contributed by atoms with Crippen molar-refractivity contribution < 1.29 is 23.8 Å². The Morgan fingerprint density at radius 3 is 1.64 bits per heavy atom. The first-order chi connectivity index (χ1) is 18.4. The SMILES string of the molecule is COc1ccc([C@@H](NC(=O)OC(C)(C)C)[C@H](N=C(c2ccccc2)c2ccccc2)C(=O)OC(C)(C)C)cc1. The van der Waals surface area contributed by atoms with E-state index in [4.69, 9.17) is 19.2 Å². The quantitative estimate of drug-likeness (QED) is 0.265. The number of carbonyl (C=O) groups excluding carboxylic acids is 2. The van der Waals surface area contributed by atoms with Gasteiger partial charge in [0, 0.05) is 11.1 Å². The molecule has 7 nitrogen and oxygen atoms in total. The van der Waals surface area contributed by atoms with E-state index in [-0.39, 0.29) is 0 Å². The Labute approximate surface area is 231 Å². The minimum absolute atomic E-state index is 0.580. The number of alkyl carbamates (subject to hydrolysis) is 1. The average Bonchev–Trinajstić information content (AvgIpc) is 2.87. The predicted octanol–water partition coefficient (Wildman–Crippen LogP) is 6.51. The molecule has 1 amide bonds. The van der Waals surface area contributed by atoms with E-state index in [9.17, 15) is 9.59 Å². The van der Waals surface area contributed by atoms with Crippen molar-refractivity contribution in [2.24, 2.45) is 4.99 Å². The van der Waals surface area contributed by atoms with E-state index in [2.05, 4.69) is 5.32 Å². The van der Waals surface area contributed by atoms with Crippen molar-refractivity contribution in [2.45, 2.75) is 64.8 Å². The van der Waals surface area contributed by atoms with Gasteiger partial charge in [0.15, 0.2) is 6.04 Å². The maximum atomic E-state index is 13.8. The predicted molar refractivity (Wildman–Crippen MR) is 153 cm³/mol. The van der Waals surface area contributed by atoms with Gasteiger partial charge in [-0.2, -0.15) is 0 Å². The summed E-state index contributed by atoms with van der Waals surface area (Å²) in [5.74, 6) is 0.0603. The molecule has 3 aromatic rings. The molecule has 0 aliphatic rings. The van der Waals surface area contributed by atoms with Crippen molar-refractivity contribution in [1.29, 1.82) is 0 Å². The Hall–Kier alpha value is -4.13. The zero-order chi connectivity index (χ0) is 28.6. The number of benzene rings is 3. The van der Waals surface area contributed by atoms with E-state index < -0.39 is 35.3 Å². The highest BCUT2D eigenvalue weighted by Crippen LogP contribution is 2.27. The van der Waals surface area contributed by atoms with Crippen LogP contribution in [-0.2, 0) is 14.3 Å². The molecule has 0 fully saturated rings. The third-order valence-electron chi connectivity index (χ3n) is 5.47.